The topological polar surface area (TPSA) is 75.2 Å². The SMILES string of the molecule is C=CCn1c(SCc2csc(-c3ccc4c(c3)OCO4)n2)nnc1-c1ccoc1C. The molecule has 0 radical (unpaired) electrons. The van der Waals surface area contributed by atoms with Gasteiger partial charge >= 0.3 is 0 Å². The Kier molecular flexibility index (Phi) is 5.06. The van der Waals surface area contributed by atoms with Crippen LogP contribution in [0.3, 0.4) is 0 Å². The van der Waals surface area contributed by atoms with Gasteiger partial charge in [-0.25, -0.2) is 4.98 Å². The van der Waals surface area contributed by atoms with Crippen molar-refractivity contribution in [3.63, 3.8) is 0 Å². The summed E-state index contributed by atoms with van der Waals surface area (Å²) in [6.07, 6.45) is 3.50. The zero-order valence-corrected chi connectivity index (χ0v) is 17.8. The molecule has 0 saturated carbocycles. The third-order valence-corrected chi connectivity index (χ3v) is 6.59. The summed E-state index contributed by atoms with van der Waals surface area (Å²) >= 11 is 3.21. The number of furan rings is 1. The number of fused-ring (bicyclic) bond motifs is 1. The molecule has 152 valence electrons. The van der Waals surface area contributed by atoms with Crippen LogP contribution in [0.15, 0.2) is 58.1 Å². The molecule has 5 rings (SSSR count). The number of aryl methyl sites for hydroxylation is 1. The first kappa shape index (κ1) is 19.0. The molecule has 7 nitrogen and oxygen atoms in total. The Morgan fingerprint density at radius 3 is 2.97 bits per heavy atom. The molecule has 0 amide bonds. The Bertz CT molecular complexity index is 1210. The molecule has 0 fully saturated rings. The molecule has 1 aliphatic heterocycles. The van der Waals surface area contributed by atoms with E-state index in [1.54, 1.807) is 29.4 Å². The normalized spacial score (nSPS) is 12.4. The molecule has 0 N–H and O–H groups in total. The van der Waals surface area contributed by atoms with E-state index < -0.39 is 0 Å². The molecular weight excluding hydrogens is 420 g/mol. The predicted octanol–water partition coefficient (Wildman–Crippen LogP) is 5.18. The van der Waals surface area contributed by atoms with Gasteiger partial charge in [-0.05, 0) is 31.2 Å². The summed E-state index contributed by atoms with van der Waals surface area (Å²) in [6.45, 7) is 6.67. The summed E-state index contributed by atoms with van der Waals surface area (Å²) < 4.78 is 18.3. The number of hydrogen-bond acceptors (Lipinski definition) is 8. The molecule has 3 aromatic heterocycles. The summed E-state index contributed by atoms with van der Waals surface area (Å²) in [7, 11) is 0. The van der Waals surface area contributed by atoms with Gasteiger partial charge in [0.2, 0.25) is 6.79 Å². The van der Waals surface area contributed by atoms with Gasteiger partial charge in [0, 0.05) is 23.2 Å². The van der Waals surface area contributed by atoms with Crippen molar-refractivity contribution >= 4 is 23.1 Å². The highest BCUT2D eigenvalue weighted by Gasteiger charge is 2.18. The van der Waals surface area contributed by atoms with E-state index >= 15 is 0 Å². The van der Waals surface area contributed by atoms with Gasteiger partial charge in [0.25, 0.3) is 0 Å². The summed E-state index contributed by atoms with van der Waals surface area (Å²) in [5.41, 5.74) is 2.95. The number of rotatable bonds is 7. The summed E-state index contributed by atoms with van der Waals surface area (Å²) in [6, 6.07) is 7.80. The fourth-order valence-corrected chi connectivity index (χ4v) is 4.94. The maximum atomic E-state index is 5.47. The molecule has 0 aliphatic carbocycles. The lowest BCUT2D eigenvalue weighted by atomic mass is 10.2. The van der Waals surface area contributed by atoms with Crippen LogP contribution in [-0.2, 0) is 12.3 Å². The van der Waals surface area contributed by atoms with Gasteiger partial charge in [-0.2, -0.15) is 0 Å². The third kappa shape index (κ3) is 3.50. The van der Waals surface area contributed by atoms with Crippen molar-refractivity contribution in [2.24, 2.45) is 0 Å². The molecule has 0 spiro atoms. The van der Waals surface area contributed by atoms with Crippen molar-refractivity contribution in [3.8, 4) is 33.5 Å². The van der Waals surface area contributed by atoms with Crippen LogP contribution in [0, 0.1) is 6.92 Å². The van der Waals surface area contributed by atoms with Gasteiger partial charge in [-0.3, -0.25) is 4.57 Å². The molecule has 0 bridgehead atoms. The molecular formula is C21H18N4O3S2. The van der Waals surface area contributed by atoms with Crippen LogP contribution in [0.5, 0.6) is 11.5 Å². The van der Waals surface area contributed by atoms with E-state index in [2.05, 4.69) is 22.2 Å². The van der Waals surface area contributed by atoms with Crippen LogP contribution in [0.4, 0.5) is 0 Å². The minimum absolute atomic E-state index is 0.268. The fourth-order valence-electron chi connectivity index (χ4n) is 3.18. The Labute approximate surface area is 181 Å². The molecule has 30 heavy (non-hydrogen) atoms. The second kappa shape index (κ2) is 8.00. The monoisotopic (exact) mass is 438 g/mol. The van der Waals surface area contributed by atoms with E-state index in [1.165, 1.54) is 0 Å². The zero-order valence-electron chi connectivity index (χ0n) is 16.2. The highest BCUT2D eigenvalue weighted by atomic mass is 32.2. The first-order chi connectivity index (χ1) is 14.7. The highest BCUT2D eigenvalue weighted by molar-refractivity contribution is 7.98. The van der Waals surface area contributed by atoms with Crippen molar-refractivity contribution in [2.75, 3.05) is 6.79 Å². The summed E-state index contributed by atoms with van der Waals surface area (Å²) in [5.74, 6) is 3.83. The average molecular weight is 439 g/mol. The van der Waals surface area contributed by atoms with Crippen LogP contribution >= 0.6 is 23.1 Å². The van der Waals surface area contributed by atoms with E-state index in [-0.39, 0.29) is 6.79 Å². The zero-order chi connectivity index (χ0) is 20.5. The Morgan fingerprint density at radius 1 is 1.23 bits per heavy atom. The van der Waals surface area contributed by atoms with E-state index in [0.717, 1.165) is 50.1 Å². The van der Waals surface area contributed by atoms with Gasteiger partial charge in [-0.1, -0.05) is 17.8 Å². The van der Waals surface area contributed by atoms with Crippen molar-refractivity contribution in [3.05, 3.63) is 60.0 Å². The standard InChI is InChI=1S/C21H18N4O3S2/c1-3-7-25-19(16-6-8-26-13(16)2)23-24-21(25)30-11-15-10-29-20(22-15)14-4-5-17-18(9-14)28-12-27-17/h3-6,8-10H,1,7,11-12H2,2H3. The lowest BCUT2D eigenvalue weighted by Crippen LogP contribution is -2.00. The second-order valence-corrected chi connectivity index (χ2v) is 8.40. The lowest BCUT2D eigenvalue weighted by Gasteiger charge is -2.06. The number of hydrogen-bond donors (Lipinski definition) is 0. The van der Waals surface area contributed by atoms with Crippen molar-refractivity contribution < 1.29 is 13.9 Å². The number of nitrogens with zero attached hydrogens (tertiary/aromatic N) is 4. The third-order valence-electron chi connectivity index (χ3n) is 4.65. The van der Waals surface area contributed by atoms with E-state index in [9.17, 15) is 0 Å². The van der Waals surface area contributed by atoms with E-state index in [1.807, 2.05) is 41.8 Å². The average Bonchev–Trinajstić information content (AvgIpc) is 3.53. The minimum Gasteiger partial charge on any atom is -0.469 e. The van der Waals surface area contributed by atoms with E-state index in [0.29, 0.717) is 12.3 Å². The molecule has 4 heterocycles. The fraction of sp³-hybridized carbons (Fsp3) is 0.190. The van der Waals surface area contributed by atoms with Gasteiger partial charge in [-0.15, -0.1) is 28.1 Å². The van der Waals surface area contributed by atoms with Crippen LogP contribution in [0.2, 0.25) is 0 Å². The van der Waals surface area contributed by atoms with Crippen LogP contribution in [-0.4, -0.2) is 26.5 Å². The maximum Gasteiger partial charge on any atom is 0.231 e. The number of aromatic nitrogens is 4. The predicted molar refractivity (Wildman–Crippen MR) is 116 cm³/mol. The number of ether oxygens (including phenoxy) is 2. The van der Waals surface area contributed by atoms with Gasteiger partial charge < -0.3 is 13.9 Å². The summed E-state index contributed by atoms with van der Waals surface area (Å²) in [4.78, 5) is 4.78. The smallest absolute Gasteiger partial charge is 0.231 e. The first-order valence-corrected chi connectivity index (χ1v) is 11.1. The van der Waals surface area contributed by atoms with Gasteiger partial charge in [0.1, 0.15) is 10.8 Å². The molecule has 0 saturated heterocycles. The molecule has 9 heteroatoms. The van der Waals surface area contributed by atoms with Crippen molar-refractivity contribution in [1.82, 2.24) is 19.7 Å². The largest absolute Gasteiger partial charge is 0.469 e. The Hall–Kier alpha value is -3.04. The molecule has 4 aromatic rings. The lowest BCUT2D eigenvalue weighted by molar-refractivity contribution is 0.174. The van der Waals surface area contributed by atoms with Crippen LogP contribution < -0.4 is 9.47 Å². The number of allylic oxidation sites excluding steroid dienone is 1. The highest BCUT2D eigenvalue weighted by Crippen LogP contribution is 2.37. The first-order valence-electron chi connectivity index (χ1n) is 9.28. The number of benzene rings is 1. The number of thioether (sulfide) groups is 1. The van der Waals surface area contributed by atoms with Crippen molar-refractivity contribution in [2.45, 2.75) is 24.4 Å². The van der Waals surface area contributed by atoms with Gasteiger partial charge in [0.15, 0.2) is 22.5 Å². The Morgan fingerprint density at radius 2 is 2.13 bits per heavy atom. The number of thiazole rings is 1. The summed E-state index contributed by atoms with van der Waals surface area (Å²) in [5, 5.41) is 12.6. The quantitative estimate of drug-likeness (QED) is 0.291. The van der Waals surface area contributed by atoms with Crippen LogP contribution in [0.1, 0.15) is 11.5 Å². The van der Waals surface area contributed by atoms with Crippen LogP contribution in [0.25, 0.3) is 22.0 Å². The molecule has 0 unspecified atom stereocenters. The van der Waals surface area contributed by atoms with Gasteiger partial charge in [0.05, 0.1) is 17.5 Å². The van der Waals surface area contributed by atoms with E-state index in [4.69, 9.17) is 18.9 Å². The maximum absolute atomic E-state index is 5.47. The Balaban J connectivity index is 1.34. The minimum atomic E-state index is 0.268. The van der Waals surface area contributed by atoms with Crippen molar-refractivity contribution in [1.29, 1.82) is 0 Å². The molecule has 1 aliphatic rings. The second-order valence-electron chi connectivity index (χ2n) is 6.60. The molecule has 0 atom stereocenters. The molecule has 1 aromatic carbocycles.